The minimum absolute atomic E-state index is 0.127. The number of benzene rings is 2. The predicted molar refractivity (Wildman–Crippen MR) is 93.9 cm³/mol. The molecule has 0 bridgehead atoms. The van der Waals surface area contributed by atoms with E-state index in [2.05, 4.69) is 20.5 Å². The number of aromatic amines is 1. The zero-order chi connectivity index (χ0) is 17.1. The van der Waals surface area contributed by atoms with Crippen molar-refractivity contribution >= 4 is 46.2 Å². The van der Waals surface area contributed by atoms with E-state index in [1.807, 2.05) is 0 Å². The molecule has 1 heterocycles. The van der Waals surface area contributed by atoms with Gasteiger partial charge in [0.2, 0.25) is 5.82 Å². The Labute approximate surface area is 146 Å². The van der Waals surface area contributed by atoms with Crippen LogP contribution in [-0.2, 0) is 0 Å². The molecule has 0 spiro atoms. The number of fused-ring (bicyclic) bond motifs is 1. The molecule has 3 aromatic rings. The molecule has 2 N–H and O–H groups in total. The summed E-state index contributed by atoms with van der Waals surface area (Å²) in [5.41, 5.74) is 2.91. The lowest BCUT2D eigenvalue weighted by Crippen LogP contribution is -2.24. The zero-order valence-corrected chi connectivity index (χ0v) is 13.6. The lowest BCUT2D eigenvalue weighted by Gasteiger charge is -2.02. The van der Waals surface area contributed by atoms with E-state index in [1.165, 1.54) is 6.21 Å². The first kappa shape index (κ1) is 16.2. The number of nitrogens with one attached hydrogen (secondary N) is 2. The van der Waals surface area contributed by atoms with Gasteiger partial charge in [0.25, 0.3) is 5.56 Å². The largest absolute Gasteiger partial charge is 0.307 e. The Morgan fingerprint density at radius 2 is 2.00 bits per heavy atom. The van der Waals surface area contributed by atoms with Crippen molar-refractivity contribution < 1.29 is 4.79 Å². The van der Waals surface area contributed by atoms with E-state index in [4.69, 9.17) is 23.2 Å². The van der Waals surface area contributed by atoms with Crippen LogP contribution in [0, 0.1) is 0 Å². The summed E-state index contributed by atoms with van der Waals surface area (Å²) >= 11 is 11.8. The Morgan fingerprint density at radius 3 is 2.79 bits per heavy atom. The summed E-state index contributed by atoms with van der Waals surface area (Å²) in [4.78, 5) is 30.5. The lowest BCUT2D eigenvalue weighted by atomic mass is 10.2. The molecule has 0 aliphatic carbocycles. The number of amides is 1. The molecule has 0 unspecified atom stereocenters. The third-order valence-electron chi connectivity index (χ3n) is 3.16. The molecule has 6 nitrogen and oxygen atoms in total. The van der Waals surface area contributed by atoms with Crippen molar-refractivity contribution in [2.45, 2.75) is 0 Å². The molecule has 0 atom stereocenters. The molecule has 1 amide bonds. The van der Waals surface area contributed by atoms with Gasteiger partial charge in [-0.3, -0.25) is 9.59 Å². The third kappa shape index (κ3) is 3.45. The van der Waals surface area contributed by atoms with Gasteiger partial charge in [0.15, 0.2) is 0 Å². The van der Waals surface area contributed by atoms with Crippen LogP contribution in [0.3, 0.4) is 0 Å². The fraction of sp³-hybridized carbons (Fsp3) is 0. The van der Waals surface area contributed by atoms with Gasteiger partial charge < -0.3 is 4.98 Å². The number of H-pyrrole nitrogens is 1. The molecule has 0 saturated carbocycles. The van der Waals surface area contributed by atoms with Crippen LogP contribution in [0.25, 0.3) is 10.9 Å². The number of hydrogen-bond donors (Lipinski definition) is 2. The highest BCUT2D eigenvalue weighted by Crippen LogP contribution is 2.19. The van der Waals surface area contributed by atoms with Crippen LogP contribution in [0.15, 0.2) is 52.4 Å². The SMILES string of the molecule is O=C(N/N=C/c1ccc(Cl)cc1Cl)c1nc2ccccc2c(=O)[nH]1. The molecule has 8 heteroatoms. The topological polar surface area (TPSA) is 87.2 Å². The second kappa shape index (κ2) is 6.82. The van der Waals surface area contributed by atoms with Crippen molar-refractivity contribution in [2.75, 3.05) is 0 Å². The van der Waals surface area contributed by atoms with Crippen molar-refractivity contribution in [1.29, 1.82) is 0 Å². The highest BCUT2D eigenvalue weighted by atomic mass is 35.5. The van der Waals surface area contributed by atoms with Gasteiger partial charge in [-0.05, 0) is 24.3 Å². The normalized spacial score (nSPS) is 11.1. The van der Waals surface area contributed by atoms with Crippen LogP contribution in [0.1, 0.15) is 16.2 Å². The number of halogens is 2. The average molecular weight is 361 g/mol. The van der Waals surface area contributed by atoms with Gasteiger partial charge in [0, 0.05) is 10.6 Å². The van der Waals surface area contributed by atoms with Crippen molar-refractivity contribution in [1.82, 2.24) is 15.4 Å². The van der Waals surface area contributed by atoms with Crippen LogP contribution in [0.4, 0.5) is 0 Å². The maximum absolute atomic E-state index is 12.1. The Kier molecular flexibility index (Phi) is 4.59. The minimum atomic E-state index is -0.640. The third-order valence-corrected chi connectivity index (χ3v) is 3.72. The highest BCUT2D eigenvalue weighted by molar-refractivity contribution is 6.36. The molecule has 120 valence electrons. The number of carbonyl (C=O) groups is 1. The van der Waals surface area contributed by atoms with E-state index in [9.17, 15) is 9.59 Å². The van der Waals surface area contributed by atoms with Gasteiger partial charge in [-0.1, -0.05) is 41.4 Å². The van der Waals surface area contributed by atoms with E-state index in [0.29, 0.717) is 26.5 Å². The first-order valence-electron chi connectivity index (χ1n) is 6.82. The number of nitrogens with zero attached hydrogens (tertiary/aromatic N) is 2. The Morgan fingerprint density at radius 1 is 1.21 bits per heavy atom. The molecule has 3 rings (SSSR count). The molecule has 1 aromatic heterocycles. The molecular formula is C16H10Cl2N4O2. The zero-order valence-electron chi connectivity index (χ0n) is 12.1. The fourth-order valence-electron chi connectivity index (χ4n) is 2.01. The Hall–Kier alpha value is -2.70. The summed E-state index contributed by atoms with van der Waals surface area (Å²) < 4.78 is 0. The van der Waals surface area contributed by atoms with Gasteiger partial charge in [0.1, 0.15) is 0 Å². The number of para-hydroxylation sites is 1. The quantitative estimate of drug-likeness (QED) is 0.555. The van der Waals surface area contributed by atoms with Crippen LogP contribution in [0.5, 0.6) is 0 Å². The number of carbonyl (C=O) groups excluding carboxylic acids is 1. The van der Waals surface area contributed by atoms with Crippen molar-refractivity contribution in [3.63, 3.8) is 0 Å². The van der Waals surface area contributed by atoms with Gasteiger partial charge in [-0.2, -0.15) is 5.10 Å². The smallest absolute Gasteiger partial charge is 0.302 e. The van der Waals surface area contributed by atoms with Gasteiger partial charge >= 0.3 is 5.91 Å². The van der Waals surface area contributed by atoms with Crippen LogP contribution < -0.4 is 11.0 Å². The monoisotopic (exact) mass is 360 g/mol. The first-order valence-corrected chi connectivity index (χ1v) is 7.58. The number of rotatable bonds is 3. The molecule has 24 heavy (non-hydrogen) atoms. The van der Waals surface area contributed by atoms with Crippen molar-refractivity contribution in [3.05, 3.63) is 74.3 Å². The van der Waals surface area contributed by atoms with E-state index in [1.54, 1.807) is 42.5 Å². The van der Waals surface area contributed by atoms with Crippen LogP contribution in [0.2, 0.25) is 10.0 Å². The molecule has 0 fully saturated rings. The maximum atomic E-state index is 12.1. The molecular weight excluding hydrogens is 351 g/mol. The minimum Gasteiger partial charge on any atom is -0.302 e. The van der Waals surface area contributed by atoms with E-state index in [-0.39, 0.29) is 5.82 Å². The Balaban J connectivity index is 1.80. The maximum Gasteiger partial charge on any atom is 0.307 e. The second-order valence-electron chi connectivity index (χ2n) is 4.80. The summed E-state index contributed by atoms with van der Waals surface area (Å²) in [7, 11) is 0. The van der Waals surface area contributed by atoms with Gasteiger partial charge in [-0.15, -0.1) is 0 Å². The summed E-state index contributed by atoms with van der Waals surface area (Å²) in [6.45, 7) is 0. The molecule has 2 aromatic carbocycles. The Bertz CT molecular complexity index is 1010. The van der Waals surface area contributed by atoms with Gasteiger partial charge in [-0.25, -0.2) is 10.4 Å². The molecule has 0 saturated heterocycles. The van der Waals surface area contributed by atoms with Crippen molar-refractivity contribution in [3.8, 4) is 0 Å². The molecule has 0 radical (unpaired) electrons. The average Bonchev–Trinajstić information content (AvgIpc) is 2.56. The van der Waals surface area contributed by atoms with Gasteiger partial charge in [0.05, 0.1) is 22.1 Å². The van der Waals surface area contributed by atoms with Crippen molar-refractivity contribution in [2.24, 2.45) is 5.10 Å². The predicted octanol–water partition coefficient (Wildman–Crippen LogP) is 2.99. The van der Waals surface area contributed by atoms with E-state index < -0.39 is 11.5 Å². The fourth-order valence-corrected chi connectivity index (χ4v) is 2.47. The van der Waals surface area contributed by atoms with Crippen LogP contribution >= 0.6 is 23.2 Å². The summed E-state index contributed by atoms with van der Waals surface area (Å²) in [6, 6.07) is 11.6. The lowest BCUT2D eigenvalue weighted by molar-refractivity contribution is 0.0945. The summed E-state index contributed by atoms with van der Waals surface area (Å²) in [5.74, 6) is -0.766. The highest BCUT2D eigenvalue weighted by Gasteiger charge is 2.10. The first-order chi connectivity index (χ1) is 11.5. The summed E-state index contributed by atoms with van der Waals surface area (Å²) in [6.07, 6.45) is 1.37. The molecule has 0 aliphatic rings. The number of hydrogen-bond acceptors (Lipinski definition) is 4. The van der Waals surface area contributed by atoms with E-state index in [0.717, 1.165) is 0 Å². The second-order valence-corrected chi connectivity index (χ2v) is 5.64. The number of hydrazone groups is 1. The van der Waals surface area contributed by atoms with E-state index >= 15 is 0 Å². The summed E-state index contributed by atoms with van der Waals surface area (Å²) in [5, 5.41) is 5.11. The number of aromatic nitrogens is 2. The standard InChI is InChI=1S/C16H10Cl2N4O2/c17-10-6-5-9(12(18)7-10)8-19-22-16(24)14-20-13-4-2-1-3-11(13)15(23)21-14/h1-8H,(H,22,24)(H,20,21,23)/b19-8+. The molecule has 0 aliphatic heterocycles. The van der Waals surface area contributed by atoms with Crippen LogP contribution in [-0.4, -0.2) is 22.1 Å².